The summed E-state index contributed by atoms with van der Waals surface area (Å²) in [5.74, 6) is 0.617. The minimum Gasteiger partial charge on any atom is -0.381 e. The molecule has 1 aliphatic carbocycles. The van der Waals surface area contributed by atoms with E-state index in [0.717, 1.165) is 24.9 Å². The first kappa shape index (κ1) is 14.2. The lowest BCUT2D eigenvalue weighted by Gasteiger charge is -2.41. The summed E-state index contributed by atoms with van der Waals surface area (Å²) in [6.07, 6.45) is 4.85. The largest absolute Gasteiger partial charge is 0.381 e. The lowest BCUT2D eigenvalue weighted by atomic mass is 9.72. The Kier molecular flexibility index (Phi) is 3.44. The number of fused-ring (bicyclic) bond motifs is 2. The van der Waals surface area contributed by atoms with Crippen LogP contribution in [0.3, 0.4) is 0 Å². The number of benzene rings is 1. The van der Waals surface area contributed by atoms with Gasteiger partial charge in [0.15, 0.2) is 0 Å². The Morgan fingerprint density at radius 3 is 2.73 bits per heavy atom. The third kappa shape index (κ3) is 2.16. The van der Waals surface area contributed by atoms with E-state index in [9.17, 15) is 9.18 Å². The van der Waals surface area contributed by atoms with Gasteiger partial charge < -0.3 is 9.64 Å². The van der Waals surface area contributed by atoms with E-state index >= 15 is 0 Å². The predicted molar refractivity (Wildman–Crippen MR) is 81.0 cm³/mol. The second-order valence-electron chi connectivity index (χ2n) is 7.00. The SMILES string of the molecule is O=C(N1C[C@H]2CC[C@H]1C2)C1(c2cccc(F)c2)CCOCC1. The van der Waals surface area contributed by atoms with Crippen LogP contribution in [0.25, 0.3) is 0 Å². The van der Waals surface area contributed by atoms with Crippen LogP contribution in [0.1, 0.15) is 37.7 Å². The van der Waals surface area contributed by atoms with Crippen molar-refractivity contribution >= 4 is 5.91 Å². The van der Waals surface area contributed by atoms with E-state index < -0.39 is 5.41 Å². The molecule has 1 amide bonds. The molecule has 0 N–H and O–H groups in total. The quantitative estimate of drug-likeness (QED) is 0.841. The fourth-order valence-corrected chi connectivity index (χ4v) is 4.58. The number of carbonyl (C=O) groups excluding carboxylic acids is 1. The van der Waals surface area contributed by atoms with Gasteiger partial charge in [0.1, 0.15) is 5.82 Å². The van der Waals surface area contributed by atoms with Gasteiger partial charge in [0.2, 0.25) is 5.91 Å². The van der Waals surface area contributed by atoms with Gasteiger partial charge >= 0.3 is 0 Å². The maximum atomic E-state index is 13.7. The minimum atomic E-state index is -0.592. The van der Waals surface area contributed by atoms with Crippen molar-refractivity contribution in [2.45, 2.75) is 43.6 Å². The molecule has 4 rings (SSSR count). The summed E-state index contributed by atoms with van der Waals surface area (Å²) < 4.78 is 19.2. The highest BCUT2D eigenvalue weighted by atomic mass is 19.1. The van der Waals surface area contributed by atoms with Crippen molar-refractivity contribution in [3.05, 3.63) is 35.6 Å². The zero-order chi connectivity index (χ0) is 15.2. The summed E-state index contributed by atoms with van der Waals surface area (Å²) in [4.78, 5) is 15.5. The maximum Gasteiger partial charge on any atom is 0.233 e. The van der Waals surface area contributed by atoms with Crippen molar-refractivity contribution in [3.63, 3.8) is 0 Å². The van der Waals surface area contributed by atoms with Gasteiger partial charge in [-0.05, 0) is 55.7 Å². The molecule has 3 nitrogen and oxygen atoms in total. The van der Waals surface area contributed by atoms with Crippen LogP contribution in [0.4, 0.5) is 4.39 Å². The lowest BCUT2D eigenvalue weighted by molar-refractivity contribution is -0.143. The topological polar surface area (TPSA) is 29.5 Å². The summed E-state index contributed by atoms with van der Waals surface area (Å²) in [5, 5.41) is 0. The molecular weight excluding hydrogens is 281 g/mol. The molecule has 4 heteroatoms. The third-order valence-corrected chi connectivity index (χ3v) is 5.80. The zero-order valence-electron chi connectivity index (χ0n) is 12.8. The summed E-state index contributed by atoms with van der Waals surface area (Å²) in [7, 11) is 0. The highest BCUT2D eigenvalue weighted by Gasteiger charge is 2.49. The highest BCUT2D eigenvalue weighted by Crippen LogP contribution is 2.43. The zero-order valence-corrected chi connectivity index (χ0v) is 12.8. The van der Waals surface area contributed by atoms with Gasteiger partial charge in [-0.3, -0.25) is 4.79 Å². The van der Waals surface area contributed by atoms with Crippen LogP contribution in [0.15, 0.2) is 24.3 Å². The summed E-state index contributed by atoms with van der Waals surface area (Å²) in [6.45, 7) is 2.04. The van der Waals surface area contributed by atoms with E-state index in [2.05, 4.69) is 4.90 Å². The molecule has 2 aliphatic heterocycles. The fraction of sp³-hybridized carbons (Fsp3) is 0.611. The Labute approximate surface area is 130 Å². The van der Waals surface area contributed by atoms with Crippen molar-refractivity contribution in [3.8, 4) is 0 Å². The molecule has 2 bridgehead atoms. The van der Waals surface area contributed by atoms with Gasteiger partial charge in [0.25, 0.3) is 0 Å². The van der Waals surface area contributed by atoms with Crippen LogP contribution < -0.4 is 0 Å². The van der Waals surface area contributed by atoms with Crippen molar-refractivity contribution in [2.75, 3.05) is 19.8 Å². The molecule has 22 heavy (non-hydrogen) atoms. The molecule has 0 radical (unpaired) electrons. The third-order valence-electron chi connectivity index (χ3n) is 5.80. The molecule has 3 fully saturated rings. The molecule has 1 aromatic carbocycles. The Balaban J connectivity index is 1.70. The normalized spacial score (nSPS) is 29.8. The molecule has 2 saturated heterocycles. The first-order chi connectivity index (χ1) is 10.7. The number of likely N-dealkylation sites (tertiary alicyclic amines) is 1. The number of halogens is 1. The van der Waals surface area contributed by atoms with Crippen molar-refractivity contribution in [1.29, 1.82) is 0 Å². The van der Waals surface area contributed by atoms with Gasteiger partial charge in [-0.15, -0.1) is 0 Å². The summed E-state index contributed by atoms with van der Waals surface area (Å²) in [6, 6.07) is 7.01. The molecule has 0 aromatic heterocycles. The number of piperidine rings is 1. The number of amides is 1. The fourth-order valence-electron chi connectivity index (χ4n) is 4.58. The second-order valence-corrected chi connectivity index (χ2v) is 7.00. The first-order valence-corrected chi connectivity index (χ1v) is 8.34. The van der Waals surface area contributed by atoms with E-state index in [-0.39, 0.29) is 11.7 Å². The predicted octanol–water partition coefficient (Wildman–Crippen LogP) is 2.88. The number of carbonyl (C=O) groups is 1. The van der Waals surface area contributed by atoms with Gasteiger partial charge in [0, 0.05) is 25.8 Å². The van der Waals surface area contributed by atoms with Crippen LogP contribution in [0.5, 0.6) is 0 Å². The van der Waals surface area contributed by atoms with E-state index in [1.54, 1.807) is 6.07 Å². The molecule has 0 spiro atoms. The number of hydrogen-bond acceptors (Lipinski definition) is 2. The maximum absolute atomic E-state index is 13.7. The van der Waals surface area contributed by atoms with Gasteiger partial charge in [-0.2, -0.15) is 0 Å². The smallest absolute Gasteiger partial charge is 0.233 e. The molecule has 1 aromatic rings. The van der Waals surface area contributed by atoms with Gasteiger partial charge in [-0.1, -0.05) is 12.1 Å². The molecule has 2 heterocycles. The molecule has 1 saturated carbocycles. The van der Waals surface area contributed by atoms with Crippen LogP contribution in [0, 0.1) is 11.7 Å². The van der Waals surface area contributed by atoms with Crippen LogP contribution in [-0.4, -0.2) is 36.6 Å². The Bertz CT molecular complexity index is 582. The van der Waals surface area contributed by atoms with Crippen molar-refractivity contribution < 1.29 is 13.9 Å². The van der Waals surface area contributed by atoms with Crippen molar-refractivity contribution in [1.82, 2.24) is 4.90 Å². The Morgan fingerprint density at radius 2 is 2.09 bits per heavy atom. The number of hydrogen-bond donors (Lipinski definition) is 0. The minimum absolute atomic E-state index is 0.202. The molecule has 3 aliphatic rings. The van der Waals surface area contributed by atoms with Gasteiger partial charge in [0.05, 0.1) is 5.41 Å². The first-order valence-electron chi connectivity index (χ1n) is 8.34. The van der Waals surface area contributed by atoms with Crippen LogP contribution in [0.2, 0.25) is 0 Å². The molecular formula is C18H22FNO2. The highest BCUT2D eigenvalue weighted by molar-refractivity contribution is 5.89. The Hall–Kier alpha value is -1.42. The van der Waals surface area contributed by atoms with Crippen molar-refractivity contribution in [2.24, 2.45) is 5.92 Å². The Morgan fingerprint density at radius 1 is 1.27 bits per heavy atom. The van der Waals surface area contributed by atoms with E-state index in [1.165, 1.54) is 18.6 Å². The average Bonchev–Trinajstić information content (AvgIpc) is 3.18. The lowest BCUT2D eigenvalue weighted by Crippen LogP contribution is -2.52. The van der Waals surface area contributed by atoms with Crippen LogP contribution >= 0.6 is 0 Å². The number of nitrogens with zero attached hydrogens (tertiary/aromatic N) is 1. The van der Waals surface area contributed by atoms with E-state index in [4.69, 9.17) is 4.74 Å². The molecule has 2 atom stereocenters. The second kappa shape index (κ2) is 5.34. The van der Waals surface area contributed by atoms with E-state index in [0.29, 0.717) is 38.0 Å². The van der Waals surface area contributed by atoms with Crippen LogP contribution in [-0.2, 0) is 14.9 Å². The summed E-state index contributed by atoms with van der Waals surface area (Å²) in [5.41, 5.74) is 0.230. The van der Waals surface area contributed by atoms with Gasteiger partial charge in [-0.25, -0.2) is 4.39 Å². The monoisotopic (exact) mass is 303 g/mol. The number of rotatable bonds is 2. The average molecular weight is 303 g/mol. The molecule has 118 valence electrons. The molecule has 0 unspecified atom stereocenters. The number of ether oxygens (including phenoxy) is 1. The summed E-state index contributed by atoms with van der Waals surface area (Å²) >= 11 is 0. The standard InChI is InChI=1S/C18H22FNO2/c19-15-3-1-2-14(11-15)18(6-8-22-9-7-18)17(21)20-12-13-4-5-16(20)10-13/h1-3,11,13,16H,4-10,12H2/t13-,16-/m0/s1. The van der Waals surface area contributed by atoms with E-state index in [1.807, 2.05) is 6.07 Å².